The van der Waals surface area contributed by atoms with Crippen LogP contribution in [0.3, 0.4) is 0 Å². The Balaban J connectivity index is 1.64. The summed E-state index contributed by atoms with van der Waals surface area (Å²) < 4.78 is 40.5. The van der Waals surface area contributed by atoms with Gasteiger partial charge in [0, 0.05) is 4.90 Å². The molecule has 5 rings (SSSR count). The summed E-state index contributed by atoms with van der Waals surface area (Å²) in [5.74, 6) is 0. The van der Waals surface area contributed by atoms with Crippen LogP contribution in [0.15, 0.2) is 130 Å². The average Bonchev–Trinajstić information content (AvgIpc) is 2.87. The van der Waals surface area contributed by atoms with E-state index >= 15 is 0 Å². The van der Waals surface area contributed by atoms with Gasteiger partial charge in [-0.25, -0.2) is 12.6 Å². The van der Waals surface area contributed by atoms with Gasteiger partial charge in [-0.1, -0.05) is 91.0 Å². The summed E-state index contributed by atoms with van der Waals surface area (Å²) in [5.41, 5.74) is 0.605. The van der Waals surface area contributed by atoms with Crippen LogP contribution >= 0.6 is 0 Å². The number of fused-ring (bicyclic) bond motifs is 2. The lowest BCUT2D eigenvalue weighted by atomic mass is 10.1. The first kappa shape index (κ1) is 21.3. The molecule has 1 unspecified atom stereocenters. The Morgan fingerprint density at radius 2 is 1.15 bits per heavy atom. The zero-order valence-corrected chi connectivity index (χ0v) is 19.2. The smallest absolute Gasteiger partial charge is 0.201 e. The maximum atomic E-state index is 13.7. The van der Waals surface area contributed by atoms with Crippen molar-refractivity contribution in [1.29, 1.82) is 0 Å². The van der Waals surface area contributed by atoms with E-state index in [0.29, 0.717) is 10.5 Å². The van der Waals surface area contributed by atoms with E-state index in [4.69, 9.17) is 0 Å². The molecule has 162 valence electrons. The van der Waals surface area contributed by atoms with Crippen LogP contribution in [0.5, 0.6) is 0 Å². The van der Waals surface area contributed by atoms with Crippen LogP contribution in [-0.2, 0) is 20.6 Å². The molecule has 0 bridgehead atoms. The molecule has 0 heterocycles. The summed E-state index contributed by atoms with van der Waals surface area (Å²) >= 11 is 0. The zero-order chi connectivity index (χ0) is 22.8. The highest BCUT2D eigenvalue weighted by molar-refractivity contribution is 7.99. The van der Waals surface area contributed by atoms with Crippen molar-refractivity contribution in [3.63, 3.8) is 0 Å². The molecule has 1 atom stereocenters. The van der Waals surface area contributed by atoms with Gasteiger partial charge in [0.05, 0.1) is 26.0 Å². The maximum absolute atomic E-state index is 13.7. The second kappa shape index (κ2) is 8.77. The molecular formula is C28H20O3S2. The summed E-state index contributed by atoms with van der Waals surface area (Å²) in [6, 6.07) is 35.0. The number of hydrogen-bond acceptors (Lipinski definition) is 3. The van der Waals surface area contributed by atoms with Gasteiger partial charge in [0.25, 0.3) is 0 Å². The molecule has 0 radical (unpaired) electrons. The molecule has 0 aliphatic rings. The van der Waals surface area contributed by atoms with Crippen LogP contribution in [-0.4, -0.2) is 12.6 Å². The number of rotatable bonds is 5. The fourth-order valence-corrected chi connectivity index (χ4v) is 6.65. The molecule has 5 heteroatoms. The van der Waals surface area contributed by atoms with Crippen molar-refractivity contribution in [2.45, 2.75) is 9.79 Å². The standard InChI is InChI=1S/C28H20O3S2/c29-32(26-16-14-21-8-4-6-12-24(21)18-26)28(23-10-2-1-3-11-23)20-33(30,31)27-17-15-22-9-5-7-13-25(22)19-27/h1-20H/b28-20+. The minimum Gasteiger partial charge on any atom is -0.249 e. The summed E-state index contributed by atoms with van der Waals surface area (Å²) in [7, 11) is -5.54. The van der Waals surface area contributed by atoms with Crippen LogP contribution in [0, 0.1) is 0 Å². The summed E-state index contributed by atoms with van der Waals surface area (Å²) in [4.78, 5) is 0.974. The van der Waals surface area contributed by atoms with Gasteiger partial charge in [0.1, 0.15) is 0 Å². The Bertz CT molecular complexity index is 1640. The van der Waals surface area contributed by atoms with Gasteiger partial charge in [-0.2, -0.15) is 0 Å². The predicted molar refractivity (Wildman–Crippen MR) is 136 cm³/mol. The van der Waals surface area contributed by atoms with Gasteiger partial charge in [-0.05, 0) is 51.4 Å². The fourth-order valence-electron chi connectivity index (χ4n) is 3.78. The molecule has 5 aromatic rings. The van der Waals surface area contributed by atoms with Crippen molar-refractivity contribution in [1.82, 2.24) is 0 Å². The second-order valence-corrected chi connectivity index (χ2v) is 10.9. The van der Waals surface area contributed by atoms with E-state index in [-0.39, 0.29) is 9.80 Å². The van der Waals surface area contributed by atoms with Gasteiger partial charge < -0.3 is 0 Å². The van der Waals surface area contributed by atoms with E-state index in [2.05, 4.69) is 0 Å². The molecule has 0 saturated carbocycles. The SMILES string of the molecule is O=S(/C(=C/S(=O)(=O)c1ccc2ccccc2c1)c1ccccc1)c1ccc2ccccc2c1. The van der Waals surface area contributed by atoms with E-state index < -0.39 is 20.6 Å². The summed E-state index contributed by atoms with van der Waals surface area (Å²) in [6.45, 7) is 0. The molecule has 0 N–H and O–H groups in total. The van der Waals surface area contributed by atoms with Crippen LogP contribution in [0.2, 0.25) is 0 Å². The number of hydrogen-bond donors (Lipinski definition) is 0. The summed E-state index contributed by atoms with van der Waals surface area (Å²) in [6.07, 6.45) is 0. The third-order valence-electron chi connectivity index (χ3n) is 5.50. The molecule has 5 aromatic carbocycles. The van der Waals surface area contributed by atoms with Crippen LogP contribution in [0.4, 0.5) is 0 Å². The molecule has 33 heavy (non-hydrogen) atoms. The first-order chi connectivity index (χ1) is 16.0. The van der Waals surface area contributed by atoms with E-state index in [9.17, 15) is 12.6 Å². The lowest BCUT2D eigenvalue weighted by Crippen LogP contribution is -2.03. The Kier molecular flexibility index (Phi) is 5.67. The van der Waals surface area contributed by atoms with Gasteiger partial charge >= 0.3 is 0 Å². The average molecular weight is 469 g/mol. The lowest BCUT2D eigenvalue weighted by Gasteiger charge is -2.10. The van der Waals surface area contributed by atoms with Crippen LogP contribution < -0.4 is 0 Å². The largest absolute Gasteiger partial charge is 0.249 e. The highest BCUT2D eigenvalue weighted by atomic mass is 32.2. The van der Waals surface area contributed by atoms with Gasteiger partial charge in [-0.3, -0.25) is 0 Å². The van der Waals surface area contributed by atoms with E-state index in [1.165, 1.54) is 0 Å². The minimum absolute atomic E-state index is 0.171. The van der Waals surface area contributed by atoms with Crippen LogP contribution in [0.1, 0.15) is 5.56 Å². The van der Waals surface area contributed by atoms with Crippen molar-refractivity contribution in [2.75, 3.05) is 0 Å². The van der Waals surface area contributed by atoms with E-state index in [1.54, 1.807) is 36.4 Å². The third-order valence-corrected chi connectivity index (χ3v) is 8.55. The van der Waals surface area contributed by atoms with Gasteiger partial charge in [-0.15, -0.1) is 0 Å². The molecule has 0 saturated heterocycles. The monoisotopic (exact) mass is 468 g/mol. The third kappa shape index (κ3) is 4.38. The number of sulfone groups is 1. The van der Waals surface area contributed by atoms with Crippen molar-refractivity contribution < 1.29 is 12.6 Å². The molecule has 0 fully saturated rings. The zero-order valence-electron chi connectivity index (χ0n) is 17.6. The van der Waals surface area contributed by atoms with Crippen molar-refractivity contribution in [3.8, 4) is 0 Å². The van der Waals surface area contributed by atoms with Crippen molar-refractivity contribution >= 4 is 47.1 Å². The quantitative estimate of drug-likeness (QED) is 0.293. The Labute approximate surface area is 195 Å². The molecular weight excluding hydrogens is 448 g/mol. The molecule has 0 amide bonds. The highest BCUT2D eigenvalue weighted by Gasteiger charge is 2.20. The maximum Gasteiger partial charge on any atom is 0.201 e. The van der Waals surface area contributed by atoms with Gasteiger partial charge in [0.2, 0.25) is 9.84 Å². The minimum atomic E-state index is -3.85. The topological polar surface area (TPSA) is 51.2 Å². The fraction of sp³-hybridized carbons (Fsp3) is 0. The molecule has 0 aliphatic carbocycles. The highest BCUT2D eigenvalue weighted by Crippen LogP contribution is 2.30. The lowest BCUT2D eigenvalue weighted by molar-refractivity contribution is 0.605. The molecule has 0 spiro atoms. The Hall–Kier alpha value is -3.54. The first-order valence-corrected chi connectivity index (χ1v) is 13.1. The van der Waals surface area contributed by atoms with E-state index in [1.807, 2.05) is 78.9 Å². The number of benzene rings is 5. The Morgan fingerprint density at radius 1 is 0.606 bits per heavy atom. The predicted octanol–water partition coefficient (Wildman–Crippen LogP) is 6.57. The van der Waals surface area contributed by atoms with Crippen molar-refractivity contribution in [3.05, 3.63) is 126 Å². The first-order valence-electron chi connectivity index (χ1n) is 10.4. The normalized spacial score (nSPS) is 13.3. The second-order valence-electron chi connectivity index (χ2n) is 7.68. The molecule has 0 aromatic heterocycles. The summed E-state index contributed by atoms with van der Waals surface area (Å²) in [5, 5.41) is 4.94. The molecule has 0 aliphatic heterocycles. The van der Waals surface area contributed by atoms with E-state index in [0.717, 1.165) is 27.0 Å². The van der Waals surface area contributed by atoms with Crippen molar-refractivity contribution in [2.24, 2.45) is 0 Å². The Morgan fingerprint density at radius 3 is 1.82 bits per heavy atom. The van der Waals surface area contributed by atoms with Crippen LogP contribution in [0.25, 0.3) is 26.5 Å². The molecule has 3 nitrogen and oxygen atoms in total. The van der Waals surface area contributed by atoms with Gasteiger partial charge in [0.15, 0.2) is 0 Å².